The fraction of sp³-hybridized carbons (Fsp3) is 0.167. The summed E-state index contributed by atoms with van der Waals surface area (Å²) in [4.78, 5) is 25.1. The van der Waals surface area contributed by atoms with Crippen LogP contribution in [0.5, 0.6) is 5.75 Å². The highest BCUT2D eigenvalue weighted by Crippen LogP contribution is 2.28. The minimum atomic E-state index is -1.43. The molecule has 2 rings (SSSR count). The third kappa shape index (κ3) is 2.58. The summed E-state index contributed by atoms with van der Waals surface area (Å²) in [6.07, 6.45) is 1.24. The third-order valence-corrected chi connectivity index (χ3v) is 2.62. The molecule has 0 atom stereocenters. The predicted octanol–water partition coefficient (Wildman–Crippen LogP) is 2.17. The molecule has 0 saturated carbocycles. The average molecular weight is 278 g/mol. The Balaban J connectivity index is 2.32. The fourth-order valence-electron chi connectivity index (χ4n) is 1.62. The predicted molar refractivity (Wildman–Crippen MR) is 65.6 cm³/mol. The first kappa shape index (κ1) is 13.5. The van der Waals surface area contributed by atoms with Gasteiger partial charge in [-0.25, -0.2) is 9.78 Å². The molecule has 0 aliphatic rings. The number of oxazole rings is 1. The van der Waals surface area contributed by atoms with Crippen molar-refractivity contribution in [3.8, 4) is 5.75 Å². The van der Waals surface area contributed by atoms with Crippen molar-refractivity contribution in [2.24, 2.45) is 0 Å². The molecule has 1 N–H and O–H groups in total. The molecule has 0 saturated heterocycles. The minimum Gasteiger partial charge on any atom is -0.486 e. The number of hydrogen-bond acceptors (Lipinski definition) is 6. The molecule has 2 aromatic rings. The van der Waals surface area contributed by atoms with E-state index < -0.39 is 22.1 Å². The number of benzene rings is 1. The van der Waals surface area contributed by atoms with Gasteiger partial charge in [-0.15, -0.1) is 0 Å². The maximum atomic E-state index is 11.2. The summed E-state index contributed by atoms with van der Waals surface area (Å²) in [5.74, 6) is -0.981. The summed E-state index contributed by atoms with van der Waals surface area (Å²) in [6, 6.07) is 3.82. The van der Waals surface area contributed by atoms with Gasteiger partial charge in [-0.2, -0.15) is 0 Å². The molecular weight excluding hydrogens is 268 g/mol. The Morgan fingerprint density at radius 3 is 2.85 bits per heavy atom. The van der Waals surface area contributed by atoms with E-state index in [1.807, 2.05) is 0 Å². The zero-order valence-electron chi connectivity index (χ0n) is 10.4. The van der Waals surface area contributed by atoms with Crippen LogP contribution in [0.15, 0.2) is 29.0 Å². The van der Waals surface area contributed by atoms with E-state index in [0.717, 1.165) is 6.07 Å². The van der Waals surface area contributed by atoms with Crippen LogP contribution in [0.25, 0.3) is 0 Å². The zero-order valence-corrected chi connectivity index (χ0v) is 10.4. The Hall–Kier alpha value is -2.90. The molecule has 0 unspecified atom stereocenters. The second-order valence-electron chi connectivity index (χ2n) is 3.86. The largest absolute Gasteiger partial charge is 0.486 e. The molecule has 1 aromatic heterocycles. The maximum Gasteiger partial charge on any atom is 0.346 e. The number of aryl methyl sites for hydroxylation is 1. The lowest BCUT2D eigenvalue weighted by Crippen LogP contribution is -2.07. The molecule has 1 heterocycles. The first-order valence-electron chi connectivity index (χ1n) is 5.53. The van der Waals surface area contributed by atoms with Gasteiger partial charge in [0.15, 0.2) is 12.0 Å². The first-order valence-corrected chi connectivity index (χ1v) is 5.53. The number of aromatic carboxylic acids is 1. The van der Waals surface area contributed by atoms with Crippen LogP contribution in [0.1, 0.15) is 21.8 Å². The highest BCUT2D eigenvalue weighted by Gasteiger charge is 2.24. The number of rotatable bonds is 5. The maximum absolute atomic E-state index is 11.2. The summed E-state index contributed by atoms with van der Waals surface area (Å²) in [5.41, 5.74) is -0.515. The zero-order chi connectivity index (χ0) is 14.7. The molecule has 0 radical (unpaired) electrons. The Morgan fingerprint density at radius 1 is 1.55 bits per heavy atom. The summed E-state index contributed by atoms with van der Waals surface area (Å²) in [5, 5.41) is 19.9. The van der Waals surface area contributed by atoms with Gasteiger partial charge in [0.1, 0.15) is 23.8 Å². The first-order chi connectivity index (χ1) is 9.50. The minimum absolute atomic E-state index is 0.0379. The lowest BCUT2D eigenvalue weighted by molar-refractivity contribution is -0.385. The second kappa shape index (κ2) is 5.39. The van der Waals surface area contributed by atoms with Gasteiger partial charge in [0.05, 0.1) is 4.92 Å². The molecule has 8 nitrogen and oxygen atoms in total. The molecule has 0 amide bonds. The SMILES string of the molecule is Cc1ocnc1COc1cccc([N+](=O)[O-])c1C(=O)O. The number of aromatic nitrogens is 1. The van der Waals surface area contributed by atoms with Crippen molar-refractivity contribution in [1.29, 1.82) is 0 Å². The van der Waals surface area contributed by atoms with Crippen molar-refractivity contribution >= 4 is 11.7 Å². The standard InChI is InChI=1S/C12H10N2O6/c1-7-8(13-6-20-7)5-19-10-4-2-3-9(14(17)18)11(10)12(15)16/h2-4,6H,5H2,1H3,(H,15,16). The van der Waals surface area contributed by atoms with Gasteiger partial charge >= 0.3 is 5.97 Å². The van der Waals surface area contributed by atoms with Crippen LogP contribution in [0.4, 0.5) is 5.69 Å². The number of hydrogen-bond donors (Lipinski definition) is 1. The summed E-state index contributed by atoms with van der Waals surface area (Å²) >= 11 is 0. The van der Waals surface area contributed by atoms with Crippen molar-refractivity contribution in [2.45, 2.75) is 13.5 Å². The van der Waals surface area contributed by atoms with Gasteiger partial charge in [-0.1, -0.05) is 6.07 Å². The smallest absolute Gasteiger partial charge is 0.346 e. The highest BCUT2D eigenvalue weighted by molar-refractivity contribution is 5.95. The molecule has 0 spiro atoms. The fourth-order valence-corrected chi connectivity index (χ4v) is 1.62. The Labute approximate surface area is 112 Å². The molecule has 0 aliphatic heterocycles. The molecule has 104 valence electrons. The van der Waals surface area contributed by atoms with E-state index in [4.69, 9.17) is 14.3 Å². The average Bonchev–Trinajstić information content (AvgIpc) is 2.81. The molecule has 20 heavy (non-hydrogen) atoms. The van der Waals surface area contributed by atoms with Gasteiger partial charge in [0, 0.05) is 6.07 Å². The van der Waals surface area contributed by atoms with Crippen molar-refractivity contribution in [3.05, 3.63) is 51.7 Å². The number of carboxylic acid groups (broad SMARTS) is 1. The van der Waals surface area contributed by atoms with Gasteiger partial charge < -0.3 is 14.3 Å². The van der Waals surface area contributed by atoms with E-state index in [9.17, 15) is 14.9 Å². The van der Waals surface area contributed by atoms with Crippen molar-refractivity contribution in [2.75, 3.05) is 0 Å². The number of carbonyl (C=O) groups is 1. The number of nitro benzene ring substituents is 1. The number of nitrogens with zero attached hydrogens (tertiary/aromatic N) is 2. The van der Waals surface area contributed by atoms with Gasteiger partial charge in [-0.05, 0) is 13.0 Å². The number of nitro groups is 1. The van der Waals surface area contributed by atoms with Crippen molar-refractivity contribution in [3.63, 3.8) is 0 Å². The lowest BCUT2D eigenvalue weighted by atomic mass is 10.1. The Bertz CT molecular complexity index is 664. The number of ether oxygens (including phenoxy) is 1. The molecule has 0 bridgehead atoms. The molecule has 8 heteroatoms. The van der Waals surface area contributed by atoms with E-state index in [1.54, 1.807) is 6.92 Å². The van der Waals surface area contributed by atoms with Gasteiger partial charge in [0.2, 0.25) is 0 Å². The van der Waals surface area contributed by atoms with Gasteiger partial charge in [-0.3, -0.25) is 10.1 Å². The molecular formula is C12H10N2O6. The van der Waals surface area contributed by atoms with Crippen LogP contribution in [0, 0.1) is 17.0 Å². The number of carboxylic acids is 1. The Kier molecular flexibility index (Phi) is 3.65. The van der Waals surface area contributed by atoms with E-state index >= 15 is 0 Å². The van der Waals surface area contributed by atoms with Crippen LogP contribution in [-0.4, -0.2) is 21.0 Å². The molecule has 0 fully saturated rings. The highest BCUT2D eigenvalue weighted by atomic mass is 16.6. The van der Waals surface area contributed by atoms with Crippen molar-refractivity contribution < 1.29 is 24.0 Å². The summed E-state index contributed by atoms with van der Waals surface area (Å²) < 4.78 is 10.3. The van der Waals surface area contributed by atoms with E-state index in [-0.39, 0.29) is 12.4 Å². The third-order valence-electron chi connectivity index (χ3n) is 2.62. The monoisotopic (exact) mass is 278 g/mol. The summed E-state index contributed by atoms with van der Waals surface area (Å²) in [7, 11) is 0. The van der Waals surface area contributed by atoms with Crippen LogP contribution >= 0.6 is 0 Å². The summed E-state index contributed by atoms with van der Waals surface area (Å²) in [6.45, 7) is 1.64. The van der Waals surface area contributed by atoms with Crippen LogP contribution in [0.2, 0.25) is 0 Å². The van der Waals surface area contributed by atoms with E-state index in [0.29, 0.717) is 11.5 Å². The topological polar surface area (TPSA) is 116 Å². The normalized spacial score (nSPS) is 10.2. The van der Waals surface area contributed by atoms with Crippen LogP contribution in [0.3, 0.4) is 0 Å². The van der Waals surface area contributed by atoms with E-state index in [2.05, 4.69) is 4.98 Å². The van der Waals surface area contributed by atoms with E-state index in [1.165, 1.54) is 18.5 Å². The molecule has 1 aromatic carbocycles. The van der Waals surface area contributed by atoms with Crippen LogP contribution in [-0.2, 0) is 6.61 Å². The molecule has 0 aliphatic carbocycles. The van der Waals surface area contributed by atoms with Crippen LogP contribution < -0.4 is 4.74 Å². The van der Waals surface area contributed by atoms with Crippen molar-refractivity contribution in [1.82, 2.24) is 4.98 Å². The second-order valence-corrected chi connectivity index (χ2v) is 3.86. The Morgan fingerprint density at radius 2 is 2.30 bits per heavy atom. The quantitative estimate of drug-likeness (QED) is 0.658. The lowest BCUT2D eigenvalue weighted by Gasteiger charge is -2.08. The van der Waals surface area contributed by atoms with Gasteiger partial charge in [0.25, 0.3) is 5.69 Å².